The summed E-state index contributed by atoms with van der Waals surface area (Å²) in [6, 6.07) is 8.61. The fraction of sp³-hybridized carbons (Fsp3) is 0.438. The summed E-state index contributed by atoms with van der Waals surface area (Å²) in [6.07, 6.45) is 6.68. The van der Waals surface area contributed by atoms with Crippen molar-refractivity contribution in [1.29, 1.82) is 0 Å². The molecule has 8 heteroatoms. The monoisotopic (exact) mass is 348 g/mol. The molecule has 0 aliphatic carbocycles. The van der Waals surface area contributed by atoms with Gasteiger partial charge in [-0.2, -0.15) is 18.6 Å². The molecule has 1 aromatic rings. The first-order chi connectivity index (χ1) is 11.4. The lowest BCUT2D eigenvalue weighted by Gasteiger charge is -2.22. The van der Waals surface area contributed by atoms with Crippen molar-refractivity contribution in [3.63, 3.8) is 0 Å². The van der Waals surface area contributed by atoms with Crippen LogP contribution in [0.5, 0.6) is 0 Å². The maximum absolute atomic E-state index is 12.4. The number of hydrogen-bond donors (Lipinski definition) is 1. The molecule has 1 aliphatic rings. The number of anilines is 1. The second-order valence-corrected chi connectivity index (χ2v) is 7.01. The quantitative estimate of drug-likeness (QED) is 0.694. The first-order valence-corrected chi connectivity index (χ1v) is 9.12. The van der Waals surface area contributed by atoms with Gasteiger partial charge in [0.25, 0.3) is 0 Å². The van der Waals surface area contributed by atoms with Gasteiger partial charge in [0.05, 0.1) is 5.69 Å². The molecule has 1 aliphatic heterocycles. The molecule has 0 aromatic heterocycles. The van der Waals surface area contributed by atoms with Crippen LogP contribution in [0.1, 0.15) is 32.6 Å². The summed E-state index contributed by atoms with van der Waals surface area (Å²) >= 11 is 0. The van der Waals surface area contributed by atoms with Crippen molar-refractivity contribution >= 4 is 21.8 Å². The maximum atomic E-state index is 12.4. The summed E-state index contributed by atoms with van der Waals surface area (Å²) in [6.45, 7) is 1.91. The number of rotatable bonds is 9. The molecule has 0 radical (unpaired) electrons. The molecule has 1 amide bonds. The van der Waals surface area contributed by atoms with Crippen LogP contribution >= 0.6 is 0 Å². The van der Waals surface area contributed by atoms with E-state index in [4.69, 9.17) is 6.42 Å². The van der Waals surface area contributed by atoms with E-state index >= 15 is 0 Å². The van der Waals surface area contributed by atoms with Gasteiger partial charge in [-0.1, -0.05) is 18.2 Å². The van der Waals surface area contributed by atoms with E-state index in [0.717, 1.165) is 4.31 Å². The third-order valence-corrected chi connectivity index (χ3v) is 5.20. The van der Waals surface area contributed by atoms with Gasteiger partial charge >= 0.3 is 10.2 Å². The molecule has 7 nitrogen and oxygen atoms in total. The van der Waals surface area contributed by atoms with Crippen LogP contribution in [0.15, 0.2) is 40.6 Å². The van der Waals surface area contributed by atoms with Gasteiger partial charge in [-0.3, -0.25) is 9.10 Å². The molecule has 0 unspecified atom stereocenters. The lowest BCUT2D eigenvalue weighted by molar-refractivity contribution is -0.119. The Morgan fingerprint density at radius 3 is 2.50 bits per heavy atom. The average Bonchev–Trinajstić information content (AvgIpc) is 3.32. The fourth-order valence-corrected chi connectivity index (χ4v) is 3.56. The van der Waals surface area contributed by atoms with Gasteiger partial charge in [0, 0.05) is 32.2 Å². The Morgan fingerprint density at radius 2 is 1.96 bits per heavy atom. The van der Waals surface area contributed by atoms with E-state index in [-0.39, 0.29) is 13.0 Å². The molecule has 1 heterocycles. The van der Waals surface area contributed by atoms with Crippen molar-refractivity contribution in [3.8, 4) is 12.3 Å². The predicted octanol–water partition coefficient (Wildman–Crippen LogP) is 2.23. The normalized spacial score (nSPS) is 14.7. The molecule has 0 atom stereocenters. The molecule has 24 heavy (non-hydrogen) atoms. The average molecular weight is 348 g/mol. The summed E-state index contributed by atoms with van der Waals surface area (Å²) in [5.41, 5.74) is -0.102. The third kappa shape index (κ3) is 4.55. The zero-order chi connectivity index (χ0) is 17.6. The minimum Gasteiger partial charge on any atom is -0.274 e. The maximum Gasteiger partial charge on any atom is 0.326 e. The van der Waals surface area contributed by atoms with Gasteiger partial charge in [0.15, 0.2) is 5.66 Å². The molecule has 0 saturated carbocycles. The predicted molar refractivity (Wildman–Crippen MR) is 91.4 cm³/mol. The highest BCUT2D eigenvalue weighted by Crippen LogP contribution is 2.37. The largest absolute Gasteiger partial charge is 0.326 e. The molecule has 0 bridgehead atoms. The second kappa shape index (κ2) is 7.45. The summed E-state index contributed by atoms with van der Waals surface area (Å²) < 4.78 is 28.1. The number of para-hydroxylation sites is 1. The van der Waals surface area contributed by atoms with Crippen LogP contribution < -0.4 is 9.03 Å². The Labute approximate surface area is 142 Å². The molecular formula is C16H20N4O3S. The summed E-state index contributed by atoms with van der Waals surface area (Å²) in [5, 5.41) is 7.86. The summed E-state index contributed by atoms with van der Waals surface area (Å²) in [7, 11) is -3.95. The molecule has 0 saturated heterocycles. The first-order valence-electron chi connectivity index (χ1n) is 7.68. The zero-order valence-electron chi connectivity index (χ0n) is 13.5. The standard InChI is InChI=1S/C16H20N4O3S/c1-3-5-12-16(18-19-16)13-11-15(21)17-24(22,23)20(4-2)14-9-7-6-8-10-14/h1,6-10H,4-5,11-13H2,2H3,(H,17,21). The van der Waals surface area contributed by atoms with E-state index in [1.54, 1.807) is 37.3 Å². The minimum atomic E-state index is -3.95. The molecular weight excluding hydrogens is 328 g/mol. The van der Waals surface area contributed by atoms with Gasteiger partial charge < -0.3 is 0 Å². The smallest absolute Gasteiger partial charge is 0.274 e. The highest BCUT2D eigenvalue weighted by molar-refractivity contribution is 7.91. The van der Waals surface area contributed by atoms with E-state index in [0.29, 0.717) is 24.9 Å². The summed E-state index contributed by atoms with van der Waals surface area (Å²) in [4.78, 5) is 12.0. The third-order valence-electron chi connectivity index (χ3n) is 3.67. The molecule has 1 aromatic carbocycles. The van der Waals surface area contributed by atoms with E-state index in [1.165, 1.54) is 0 Å². The van der Waals surface area contributed by atoms with Gasteiger partial charge in [0.1, 0.15) is 0 Å². The van der Waals surface area contributed by atoms with Crippen molar-refractivity contribution in [2.45, 2.75) is 38.3 Å². The number of benzene rings is 1. The van der Waals surface area contributed by atoms with E-state index in [9.17, 15) is 13.2 Å². The van der Waals surface area contributed by atoms with E-state index in [1.807, 2.05) is 0 Å². The number of nitrogens with one attached hydrogen (secondary N) is 1. The van der Waals surface area contributed by atoms with Crippen molar-refractivity contribution < 1.29 is 13.2 Å². The van der Waals surface area contributed by atoms with Crippen molar-refractivity contribution in [1.82, 2.24) is 4.72 Å². The Hall–Kier alpha value is -2.40. The van der Waals surface area contributed by atoms with Crippen LogP contribution in [0.4, 0.5) is 5.69 Å². The Morgan fingerprint density at radius 1 is 1.29 bits per heavy atom. The topological polar surface area (TPSA) is 91.2 Å². The van der Waals surface area contributed by atoms with Gasteiger partial charge in [-0.25, -0.2) is 4.72 Å². The Balaban J connectivity index is 1.93. The first kappa shape index (κ1) is 17.9. The SMILES string of the molecule is C#CCCC1(CCC(=O)NS(=O)(=O)N(CC)c2ccccc2)N=N1. The van der Waals surface area contributed by atoms with Crippen molar-refractivity contribution in [2.75, 3.05) is 10.8 Å². The second-order valence-electron chi connectivity index (χ2n) is 5.42. The van der Waals surface area contributed by atoms with Gasteiger partial charge in [-0.15, -0.1) is 12.3 Å². The summed E-state index contributed by atoms with van der Waals surface area (Å²) in [5.74, 6) is 1.93. The molecule has 1 N–H and O–H groups in total. The number of carbonyl (C=O) groups excluding carboxylic acids is 1. The lowest BCUT2D eigenvalue weighted by atomic mass is 10.0. The van der Waals surface area contributed by atoms with Crippen LogP contribution in [0.25, 0.3) is 0 Å². The van der Waals surface area contributed by atoms with Crippen LogP contribution in [0.3, 0.4) is 0 Å². The number of carbonyl (C=O) groups is 1. The van der Waals surface area contributed by atoms with Crippen LogP contribution in [0.2, 0.25) is 0 Å². The van der Waals surface area contributed by atoms with Crippen LogP contribution in [-0.2, 0) is 15.0 Å². The number of amides is 1. The van der Waals surface area contributed by atoms with Crippen LogP contribution in [-0.4, -0.2) is 26.5 Å². The molecule has 2 rings (SSSR count). The highest BCUT2D eigenvalue weighted by Gasteiger charge is 2.39. The molecule has 0 fully saturated rings. The van der Waals surface area contributed by atoms with Crippen molar-refractivity contribution in [3.05, 3.63) is 30.3 Å². The van der Waals surface area contributed by atoms with Gasteiger partial charge in [0.2, 0.25) is 5.91 Å². The van der Waals surface area contributed by atoms with E-state index in [2.05, 4.69) is 20.9 Å². The molecule has 128 valence electrons. The number of terminal acetylenes is 1. The van der Waals surface area contributed by atoms with Crippen LogP contribution in [0, 0.1) is 12.3 Å². The highest BCUT2D eigenvalue weighted by atomic mass is 32.2. The van der Waals surface area contributed by atoms with Crippen molar-refractivity contribution in [2.24, 2.45) is 10.2 Å². The number of nitrogens with zero attached hydrogens (tertiary/aromatic N) is 3. The lowest BCUT2D eigenvalue weighted by Crippen LogP contribution is -2.43. The Kier molecular flexibility index (Phi) is 5.57. The minimum absolute atomic E-state index is 0.0170. The number of hydrogen-bond acceptors (Lipinski definition) is 5. The zero-order valence-corrected chi connectivity index (χ0v) is 14.3. The van der Waals surface area contributed by atoms with Gasteiger partial charge in [-0.05, 0) is 19.1 Å². The fourth-order valence-electron chi connectivity index (χ4n) is 2.32. The van der Waals surface area contributed by atoms with E-state index < -0.39 is 21.8 Å². The molecule has 0 spiro atoms. The Bertz CT molecular complexity index is 747.